The summed E-state index contributed by atoms with van der Waals surface area (Å²) in [6.07, 6.45) is 1.38. The van der Waals surface area contributed by atoms with Gasteiger partial charge < -0.3 is 15.6 Å². The molecule has 1 atom stereocenters. The van der Waals surface area contributed by atoms with Crippen molar-refractivity contribution < 1.29 is 19.4 Å². The summed E-state index contributed by atoms with van der Waals surface area (Å²) in [5.41, 5.74) is 6.81. The van der Waals surface area contributed by atoms with Gasteiger partial charge in [0.25, 0.3) is 0 Å². The van der Waals surface area contributed by atoms with E-state index in [4.69, 9.17) is 10.5 Å². The number of amidine groups is 1. The molecule has 1 aliphatic heterocycles. The molecular weight excluding hydrogens is 392 g/mol. The van der Waals surface area contributed by atoms with Gasteiger partial charge in [-0.05, 0) is 43.3 Å². The van der Waals surface area contributed by atoms with E-state index < -0.39 is 5.25 Å². The zero-order chi connectivity index (χ0) is 20.8. The highest BCUT2D eigenvalue weighted by molar-refractivity contribution is 8.14. The number of hydrogen-bond acceptors (Lipinski definition) is 7. The molecule has 1 fully saturated rings. The van der Waals surface area contributed by atoms with E-state index in [1.54, 1.807) is 42.5 Å². The van der Waals surface area contributed by atoms with Crippen LogP contribution in [0, 0.1) is 0 Å². The SMILES string of the molecule is CCOc1ccc(N2C(=O)CC(SC(N)=NN=Cc3ccccc3O)C2=O)cc1. The van der Waals surface area contributed by atoms with Crippen LogP contribution in [-0.4, -0.2) is 40.2 Å². The van der Waals surface area contributed by atoms with Crippen LogP contribution >= 0.6 is 11.8 Å². The second kappa shape index (κ2) is 9.24. The third kappa shape index (κ3) is 4.94. The minimum absolute atomic E-state index is 0.0239. The molecule has 3 N–H and O–H groups in total. The molecule has 1 saturated heterocycles. The second-order valence-electron chi connectivity index (χ2n) is 6.05. The average Bonchev–Trinajstić information content (AvgIpc) is 2.97. The van der Waals surface area contributed by atoms with E-state index >= 15 is 0 Å². The van der Waals surface area contributed by atoms with Crippen LogP contribution in [0.4, 0.5) is 5.69 Å². The molecule has 150 valence electrons. The average molecular weight is 412 g/mol. The number of hydrogen-bond donors (Lipinski definition) is 2. The third-order valence-corrected chi connectivity index (χ3v) is 5.04. The van der Waals surface area contributed by atoms with Gasteiger partial charge in [-0.25, -0.2) is 4.90 Å². The van der Waals surface area contributed by atoms with Crippen LogP contribution in [-0.2, 0) is 9.59 Å². The Balaban J connectivity index is 1.65. The Morgan fingerprint density at radius 3 is 2.69 bits per heavy atom. The van der Waals surface area contributed by atoms with Crippen molar-refractivity contribution in [3.8, 4) is 11.5 Å². The van der Waals surface area contributed by atoms with Crippen molar-refractivity contribution >= 4 is 40.6 Å². The zero-order valence-electron chi connectivity index (χ0n) is 15.7. The van der Waals surface area contributed by atoms with Gasteiger partial charge in [-0.1, -0.05) is 23.9 Å². The van der Waals surface area contributed by atoms with Crippen LogP contribution in [0.1, 0.15) is 18.9 Å². The molecule has 1 unspecified atom stereocenters. The molecule has 1 heterocycles. The predicted molar refractivity (Wildman–Crippen MR) is 113 cm³/mol. The van der Waals surface area contributed by atoms with Crippen molar-refractivity contribution in [2.45, 2.75) is 18.6 Å². The standard InChI is InChI=1S/C20H20N4O4S/c1-2-28-15-9-7-14(8-10-15)24-18(26)11-17(19(24)27)29-20(21)23-22-12-13-5-3-4-6-16(13)25/h3-10,12,17,25H,2,11H2,1H3,(H2,21,23). The third-order valence-electron chi connectivity index (χ3n) is 4.06. The first-order valence-corrected chi connectivity index (χ1v) is 9.78. The Bertz CT molecular complexity index is 959. The number of phenolic OH excluding ortho intramolecular Hbond substituents is 1. The molecule has 8 nitrogen and oxygen atoms in total. The number of aromatic hydroxyl groups is 1. The van der Waals surface area contributed by atoms with Crippen LogP contribution < -0.4 is 15.4 Å². The highest BCUT2D eigenvalue weighted by Gasteiger charge is 2.40. The summed E-state index contributed by atoms with van der Waals surface area (Å²) in [5, 5.41) is 16.7. The molecule has 2 amide bonds. The minimum Gasteiger partial charge on any atom is -0.507 e. The molecular formula is C20H20N4O4S. The van der Waals surface area contributed by atoms with Gasteiger partial charge >= 0.3 is 0 Å². The monoisotopic (exact) mass is 412 g/mol. The number of phenols is 1. The van der Waals surface area contributed by atoms with Crippen molar-refractivity contribution in [2.24, 2.45) is 15.9 Å². The maximum Gasteiger partial charge on any atom is 0.247 e. The predicted octanol–water partition coefficient (Wildman–Crippen LogP) is 2.50. The van der Waals surface area contributed by atoms with Gasteiger partial charge in [0.1, 0.15) is 16.7 Å². The Kier molecular flexibility index (Phi) is 6.50. The Morgan fingerprint density at radius 2 is 2.00 bits per heavy atom. The van der Waals surface area contributed by atoms with Crippen LogP contribution in [0.15, 0.2) is 58.7 Å². The molecule has 1 aliphatic rings. The number of amides is 2. The summed E-state index contributed by atoms with van der Waals surface area (Å²) in [5.74, 6) is 0.0781. The molecule has 0 aromatic heterocycles. The number of anilines is 1. The van der Waals surface area contributed by atoms with E-state index in [2.05, 4.69) is 10.2 Å². The van der Waals surface area contributed by atoms with Gasteiger partial charge in [-0.3, -0.25) is 9.59 Å². The van der Waals surface area contributed by atoms with Crippen LogP contribution in [0.5, 0.6) is 11.5 Å². The van der Waals surface area contributed by atoms with Gasteiger partial charge in [0.2, 0.25) is 11.8 Å². The number of benzene rings is 2. The van der Waals surface area contributed by atoms with Crippen LogP contribution in [0.3, 0.4) is 0 Å². The first kappa shape index (κ1) is 20.4. The number of ether oxygens (including phenoxy) is 1. The van der Waals surface area contributed by atoms with E-state index in [1.807, 2.05) is 6.92 Å². The molecule has 2 aromatic carbocycles. The topological polar surface area (TPSA) is 118 Å². The first-order chi connectivity index (χ1) is 14.0. The summed E-state index contributed by atoms with van der Waals surface area (Å²) in [7, 11) is 0. The number of carbonyl (C=O) groups excluding carboxylic acids is 2. The van der Waals surface area contributed by atoms with Crippen molar-refractivity contribution in [1.29, 1.82) is 0 Å². The van der Waals surface area contributed by atoms with Gasteiger partial charge in [0.05, 0.1) is 18.5 Å². The molecule has 0 radical (unpaired) electrons. The maximum atomic E-state index is 12.7. The fourth-order valence-corrected chi connectivity index (χ4v) is 3.56. The second-order valence-corrected chi connectivity index (χ2v) is 7.27. The van der Waals surface area contributed by atoms with E-state index in [0.717, 1.165) is 16.7 Å². The smallest absolute Gasteiger partial charge is 0.247 e. The van der Waals surface area contributed by atoms with Crippen LogP contribution in [0.2, 0.25) is 0 Å². The van der Waals surface area contributed by atoms with E-state index in [0.29, 0.717) is 23.6 Å². The van der Waals surface area contributed by atoms with Gasteiger partial charge in [-0.2, -0.15) is 5.10 Å². The fraction of sp³-hybridized carbons (Fsp3) is 0.200. The lowest BCUT2D eigenvalue weighted by Crippen LogP contribution is -2.31. The van der Waals surface area contributed by atoms with E-state index in [-0.39, 0.29) is 29.2 Å². The molecule has 0 spiro atoms. The molecule has 0 bridgehead atoms. The fourth-order valence-electron chi connectivity index (χ4n) is 2.74. The summed E-state index contributed by atoms with van der Waals surface area (Å²) < 4.78 is 5.37. The number of carbonyl (C=O) groups is 2. The number of rotatable bonds is 6. The Hall–Kier alpha value is -3.33. The molecule has 3 rings (SSSR count). The first-order valence-electron chi connectivity index (χ1n) is 8.90. The molecule has 29 heavy (non-hydrogen) atoms. The minimum atomic E-state index is -0.668. The van der Waals surface area contributed by atoms with Gasteiger partial charge in [0.15, 0.2) is 5.17 Å². The van der Waals surface area contributed by atoms with Gasteiger partial charge in [0, 0.05) is 12.0 Å². The molecule has 9 heteroatoms. The summed E-state index contributed by atoms with van der Waals surface area (Å²) in [6, 6.07) is 13.4. The largest absolute Gasteiger partial charge is 0.507 e. The quantitative estimate of drug-likeness (QED) is 0.326. The lowest BCUT2D eigenvalue weighted by atomic mass is 10.2. The number of imide groups is 1. The van der Waals surface area contributed by atoms with Crippen molar-refractivity contribution in [1.82, 2.24) is 0 Å². The Morgan fingerprint density at radius 1 is 1.28 bits per heavy atom. The Labute approximate surface area is 172 Å². The number of para-hydroxylation sites is 1. The molecule has 0 aliphatic carbocycles. The number of nitrogens with two attached hydrogens (primary N) is 1. The lowest BCUT2D eigenvalue weighted by Gasteiger charge is -2.15. The summed E-state index contributed by atoms with van der Waals surface area (Å²) in [6.45, 7) is 2.41. The zero-order valence-corrected chi connectivity index (χ0v) is 16.5. The summed E-state index contributed by atoms with van der Waals surface area (Å²) in [4.78, 5) is 26.2. The molecule has 2 aromatic rings. The molecule has 0 saturated carbocycles. The van der Waals surface area contributed by atoms with Crippen molar-refractivity contribution in [2.75, 3.05) is 11.5 Å². The normalized spacial score (nSPS) is 17.3. The van der Waals surface area contributed by atoms with E-state index in [9.17, 15) is 14.7 Å². The van der Waals surface area contributed by atoms with Crippen molar-refractivity contribution in [3.63, 3.8) is 0 Å². The van der Waals surface area contributed by atoms with Crippen molar-refractivity contribution in [3.05, 3.63) is 54.1 Å². The highest BCUT2D eigenvalue weighted by atomic mass is 32.2. The number of thioether (sulfide) groups is 1. The summed E-state index contributed by atoms with van der Waals surface area (Å²) >= 11 is 0.983. The van der Waals surface area contributed by atoms with E-state index in [1.165, 1.54) is 12.3 Å². The van der Waals surface area contributed by atoms with Crippen LogP contribution in [0.25, 0.3) is 0 Å². The number of nitrogens with zero attached hydrogens (tertiary/aromatic N) is 3. The van der Waals surface area contributed by atoms with Gasteiger partial charge in [-0.15, -0.1) is 5.10 Å². The highest BCUT2D eigenvalue weighted by Crippen LogP contribution is 2.30. The lowest BCUT2D eigenvalue weighted by molar-refractivity contribution is -0.121. The maximum absolute atomic E-state index is 12.7.